The van der Waals surface area contributed by atoms with Crippen molar-refractivity contribution in [2.75, 3.05) is 0 Å². The van der Waals surface area contributed by atoms with Gasteiger partial charge in [-0.3, -0.25) is 4.79 Å². The Hall–Kier alpha value is -0.790. The highest BCUT2D eigenvalue weighted by Crippen LogP contribution is 2.14. The molecule has 0 aliphatic heterocycles. The SMILES string of the molecule is CCCCCCC=C(C)CCCCCCCCCC(=O)O. The minimum atomic E-state index is -0.660. The molecule has 0 aliphatic rings. The number of rotatable bonds is 15. The molecule has 0 fully saturated rings. The number of hydrogen-bond acceptors (Lipinski definition) is 1. The van der Waals surface area contributed by atoms with Crippen LogP contribution in [0.25, 0.3) is 0 Å². The van der Waals surface area contributed by atoms with E-state index in [1.54, 1.807) is 5.57 Å². The molecular formula is C19H36O2. The zero-order valence-corrected chi connectivity index (χ0v) is 14.3. The van der Waals surface area contributed by atoms with E-state index in [9.17, 15) is 4.79 Å². The van der Waals surface area contributed by atoms with Crippen LogP contribution in [0.2, 0.25) is 0 Å². The van der Waals surface area contributed by atoms with Crippen molar-refractivity contribution < 1.29 is 9.90 Å². The molecule has 124 valence electrons. The number of allylic oxidation sites excluding steroid dienone is 2. The molecule has 0 aromatic heterocycles. The van der Waals surface area contributed by atoms with E-state index < -0.39 is 5.97 Å². The molecule has 0 aliphatic carbocycles. The predicted molar refractivity (Wildman–Crippen MR) is 91.7 cm³/mol. The molecule has 0 unspecified atom stereocenters. The molecule has 0 saturated heterocycles. The number of unbranched alkanes of at least 4 members (excludes halogenated alkanes) is 10. The van der Waals surface area contributed by atoms with Crippen molar-refractivity contribution in [2.24, 2.45) is 0 Å². The first-order valence-corrected chi connectivity index (χ1v) is 9.04. The molecule has 1 N–H and O–H groups in total. The fraction of sp³-hybridized carbons (Fsp3) is 0.842. The van der Waals surface area contributed by atoms with Crippen molar-refractivity contribution in [2.45, 2.75) is 104 Å². The van der Waals surface area contributed by atoms with Gasteiger partial charge in [0.2, 0.25) is 0 Å². The molecule has 0 radical (unpaired) electrons. The van der Waals surface area contributed by atoms with Crippen LogP contribution in [0.3, 0.4) is 0 Å². The summed E-state index contributed by atoms with van der Waals surface area (Å²) in [6, 6.07) is 0. The highest BCUT2D eigenvalue weighted by atomic mass is 16.4. The molecule has 0 saturated carbocycles. The fourth-order valence-corrected chi connectivity index (χ4v) is 2.59. The summed E-state index contributed by atoms with van der Waals surface area (Å²) in [4.78, 5) is 10.4. The van der Waals surface area contributed by atoms with Gasteiger partial charge in [-0.15, -0.1) is 0 Å². The second-order valence-electron chi connectivity index (χ2n) is 6.27. The Bertz CT molecular complexity index is 269. The summed E-state index contributed by atoms with van der Waals surface area (Å²) >= 11 is 0. The normalized spacial score (nSPS) is 11.8. The molecule has 0 amide bonds. The number of hydrogen-bond donors (Lipinski definition) is 1. The van der Waals surface area contributed by atoms with Crippen molar-refractivity contribution in [1.82, 2.24) is 0 Å². The van der Waals surface area contributed by atoms with Crippen LogP contribution in [-0.2, 0) is 4.79 Å². The highest BCUT2D eigenvalue weighted by Gasteiger charge is 1.97. The Kier molecular flexibility index (Phi) is 15.0. The van der Waals surface area contributed by atoms with Gasteiger partial charge in [0, 0.05) is 6.42 Å². The molecule has 0 spiro atoms. The predicted octanol–water partition coefficient (Wildman–Crippen LogP) is 6.50. The zero-order valence-electron chi connectivity index (χ0n) is 14.3. The largest absolute Gasteiger partial charge is 0.481 e. The van der Waals surface area contributed by atoms with E-state index in [1.807, 2.05) is 0 Å². The molecule has 0 aromatic rings. The molecule has 0 heterocycles. The van der Waals surface area contributed by atoms with E-state index in [0.29, 0.717) is 6.42 Å². The van der Waals surface area contributed by atoms with Crippen molar-refractivity contribution in [3.63, 3.8) is 0 Å². The van der Waals surface area contributed by atoms with Crippen LogP contribution in [0.15, 0.2) is 11.6 Å². The molecule has 2 nitrogen and oxygen atoms in total. The Morgan fingerprint density at radius 3 is 1.90 bits per heavy atom. The first-order valence-electron chi connectivity index (χ1n) is 9.04. The molecule has 0 atom stereocenters. The summed E-state index contributed by atoms with van der Waals surface area (Å²) in [6.07, 6.45) is 19.0. The summed E-state index contributed by atoms with van der Waals surface area (Å²) in [7, 11) is 0. The molecular weight excluding hydrogens is 260 g/mol. The monoisotopic (exact) mass is 296 g/mol. The minimum absolute atomic E-state index is 0.336. The lowest BCUT2D eigenvalue weighted by Gasteiger charge is -2.03. The Labute approximate surface area is 132 Å². The van der Waals surface area contributed by atoms with Crippen LogP contribution < -0.4 is 0 Å². The van der Waals surface area contributed by atoms with Gasteiger partial charge < -0.3 is 5.11 Å². The van der Waals surface area contributed by atoms with Gasteiger partial charge >= 0.3 is 5.97 Å². The lowest BCUT2D eigenvalue weighted by atomic mass is 10.0. The van der Waals surface area contributed by atoms with Gasteiger partial charge in [0.25, 0.3) is 0 Å². The van der Waals surface area contributed by atoms with E-state index in [4.69, 9.17) is 5.11 Å². The number of carboxylic acid groups (broad SMARTS) is 1. The summed E-state index contributed by atoms with van der Waals surface area (Å²) in [5.74, 6) is -0.660. The van der Waals surface area contributed by atoms with Gasteiger partial charge in [-0.05, 0) is 39.0 Å². The van der Waals surface area contributed by atoms with Gasteiger partial charge in [0.15, 0.2) is 0 Å². The van der Waals surface area contributed by atoms with E-state index >= 15 is 0 Å². The maximum absolute atomic E-state index is 10.4. The third-order valence-corrected chi connectivity index (χ3v) is 4.01. The van der Waals surface area contributed by atoms with Crippen LogP contribution in [0.5, 0.6) is 0 Å². The summed E-state index contributed by atoms with van der Waals surface area (Å²) < 4.78 is 0. The van der Waals surface area contributed by atoms with Gasteiger partial charge in [-0.2, -0.15) is 0 Å². The van der Waals surface area contributed by atoms with Gasteiger partial charge in [-0.1, -0.05) is 69.9 Å². The molecule has 0 bridgehead atoms. The molecule has 2 heteroatoms. The van der Waals surface area contributed by atoms with Crippen molar-refractivity contribution in [1.29, 1.82) is 0 Å². The Morgan fingerprint density at radius 2 is 1.33 bits per heavy atom. The first-order chi connectivity index (χ1) is 10.2. The Morgan fingerprint density at radius 1 is 0.810 bits per heavy atom. The van der Waals surface area contributed by atoms with E-state index in [-0.39, 0.29) is 0 Å². The number of carboxylic acids is 1. The van der Waals surface area contributed by atoms with Crippen LogP contribution >= 0.6 is 0 Å². The van der Waals surface area contributed by atoms with Crippen molar-refractivity contribution in [3.05, 3.63) is 11.6 Å². The van der Waals surface area contributed by atoms with Crippen molar-refractivity contribution in [3.8, 4) is 0 Å². The van der Waals surface area contributed by atoms with Crippen LogP contribution in [0.1, 0.15) is 104 Å². The second kappa shape index (κ2) is 15.6. The molecule has 0 aromatic carbocycles. The quantitative estimate of drug-likeness (QED) is 0.277. The lowest BCUT2D eigenvalue weighted by molar-refractivity contribution is -0.137. The topological polar surface area (TPSA) is 37.3 Å². The maximum Gasteiger partial charge on any atom is 0.303 e. The van der Waals surface area contributed by atoms with Gasteiger partial charge in [0.05, 0.1) is 0 Å². The van der Waals surface area contributed by atoms with Crippen LogP contribution in [-0.4, -0.2) is 11.1 Å². The van der Waals surface area contributed by atoms with Gasteiger partial charge in [0.1, 0.15) is 0 Å². The standard InChI is InChI=1S/C19H36O2/c1-3-4-5-9-12-15-18(2)16-13-10-7-6-8-11-14-17-19(20)21/h15H,3-14,16-17H2,1-2H3,(H,20,21). The van der Waals surface area contributed by atoms with E-state index in [2.05, 4.69) is 19.9 Å². The first kappa shape index (κ1) is 20.2. The van der Waals surface area contributed by atoms with Crippen LogP contribution in [0.4, 0.5) is 0 Å². The van der Waals surface area contributed by atoms with E-state index in [0.717, 1.165) is 12.8 Å². The third-order valence-electron chi connectivity index (χ3n) is 4.01. The average Bonchev–Trinajstić information content (AvgIpc) is 2.45. The maximum atomic E-state index is 10.4. The average molecular weight is 296 g/mol. The number of carbonyl (C=O) groups is 1. The summed E-state index contributed by atoms with van der Waals surface area (Å²) in [5.41, 5.74) is 1.56. The second-order valence-corrected chi connectivity index (χ2v) is 6.27. The smallest absolute Gasteiger partial charge is 0.303 e. The fourth-order valence-electron chi connectivity index (χ4n) is 2.59. The Balaban J connectivity index is 3.26. The summed E-state index contributed by atoms with van der Waals surface area (Å²) in [6.45, 7) is 4.53. The minimum Gasteiger partial charge on any atom is -0.481 e. The zero-order chi connectivity index (χ0) is 15.8. The molecule has 0 rings (SSSR count). The lowest BCUT2D eigenvalue weighted by Crippen LogP contribution is -1.93. The number of aliphatic carboxylic acids is 1. The van der Waals surface area contributed by atoms with Gasteiger partial charge in [-0.25, -0.2) is 0 Å². The van der Waals surface area contributed by atoms with Crippen LogP contribution in [0, 0.1) is 0 Å². The summed E-state index contributed by atoms with van der Waals surface area (Å²) in [5, 5.41) is 8.54. The molecule has 21 heavy (non-hydrogen) atoms. The van der Waals surface area contributed by atoms with E-state index in [1.165, 1.54) is 70.6 Å². The highest BCUT2D eigenvalue weighted by molar-refractivity contribution is 5.66. The van der Waals surface area contributed by atoms with Crippen molar-refractivity contribution >= 4 is 5.97 Å². The third kappa shape index (κ3) is 17.2.